The minimum Gasteiger partial charge on any atom is -0.460 e. The Kier molecular flexibility index (Phi) is 8.59. The van der Waals surface area contributed by atoms with Gasteiger partial charge in [-0.1, -0.05) is 66.7 Å². The number of benzene rings is 3. The van der Waals surface area contributed by atoms with Crippen LogP contribution in [0, 0.1) is 0 Å². The van der Waals surface area contributed by atoms with Gasteiger partial charge in [0, 0.05) is 35.5 Å². The molecule has 0 bridgehead atoms. The summed E-state index contributed by atoms with van der Waals surface area (Å²) >= 11 is 0. The molecule has 0 fully saturated rings. The number of nitrogens with zero attached hydrogens (tertiary/aromatic N) is 3. The highest BCUT2D eigenvalue weighted by Gasteiger charge is 2.40. The highest BCUT2D eigenvalue weighted by Crippen LogP contribution is 2.28. The van der Waals surface area contributed by atoms with E-state index >= 15 is 0 Å². The topological polar surface area (TPSA) is 65.7 Å². The smallest absolute Gasteiger partial charge is 0.242 e. The van der Waals surface area contributed by atoms with E-state index in [-0.39, 0.29) is 11.9 Å². The lowest BCUT2D eigenvalue weighted by Crippen LogP contribution is -2.63. The number of likely N-dealkylation sites (N-methyl/N-ethyl adjacent to an activating group) is 1. The number of carbonyl (C=O) groups excluding carboxylic acids is 1. The van der Waals surface area contributed by atoms with E-state index in [0.717, 1.165) is 45.4 Å². The van der Waals surface area contributed by atoms with Gasteiger partial charge in [-0.05, 0) is 64.4 Å². The summed E-state index contributed by atoms with van der Waals surface area (Å²) in [5.41, 5.74) is 3.27. The Morgan fingerprint density at radius 3 is 2.37 bits per heavy atom. The van der Waals surface area contributed by atoms with E-state index in [4.69, 9.17) is 4.42 Å². The van der Waals surface area contributed by atoms with Crippen LogP contribution in [0.5, 0.6) is 0 Å². The second kappa shape index (κ2) is 12.3. The van der Waals surface area contributed by atoms with Crippen LogP contribution in [0.15, 0.2) is 95.5 Å². The van der Waals surface area contributed by atoms with Gasteiger partial charge in [0.05, 0.1) is 19.3 Å². The van der Waals surface area contributed by atoms with E-state index in [1.807, 2.05) is 63.5 Å². The molecular formula is C34H41N5O2. The van der Waals surface area contributed by atoms with Crippen LogP contribution < -0.4 is 10.6 Å². The average molecular weight is 552 g/mol. The predicted molar refractivity (Wildman–Crippen MR) is 167 cm³/mol. The third-order valence-electron chi connectivity index (χ3n) is 7.54. The number of fused-ring (bicyclic) bond motifs is 2. The third kappa shape index (κ3) is 6.54. The Balaban J connectivity index is 1.54. The molecule has 214 valence electrons. The van der Waals surface area contributed by atoms with Crippen molar-refractivity contribution in [2.45, 2.75) is 38.1 Å². The van der Waals surface area contributed by atoms with Crippen molar-refractivity contribution < 1.29 is 9.21 Å². The van der Waals surface area contributed by atoms with Crippen LogP contribution in [0.3, 0.4) is 0 Å². The molecule has 1 amide bonds. The van der Waals surface area contributed by atoms with Crippen molar-refractivity contribution >= 4 is 27.8 Å². The number of rotatable bonds is 12. The molecule has 5 aromatic rings. The molecule has 0 aliphatic carbocycles. The molecule has 7 nitrogen and oxygen atoms in total. The van der Waals surface area contributed by atoms with E-state index in [9.17, 15) is 4.79 Å². The van der Waals surface area contributed by atoms with Crippen molar-refractivity contribution in [3.8, 4) is 0 Å². The lowest BCUT2D eigenvalue weighted by molar-refractivity contribution is -0.129. The van der Waals surface area contributed by atoms with Gasteiger partial charge in [-0.2, -0.15) is 0 Å². The van der Waals surface area contributed by atoms with E-state index < -0.39 is 5.54 Å². The van der Waals surface area contributed by atoms with E-state index in [0.29, 0.717) is 19.5 Å². The largest absolute Gasteiger partial charge is 0.460 e. The molecule has 2 heterocycles. The summed E-state index contributed by atoms with van der Waals surface area (Å²) in [4.78, 5) is 18.7. The molecule has 0 aliphatic rings. The zero-order chi connectivity index (χ0) is 29.0. The number of nitrogens with one attached hydrogen (secondary N) is 2. The highest BCUT2D eigenvalue weighted by molar-refractivity contribution is 5.90. The summed E-state index contributed by atoms with van der Waals surface area (Å²) < 4.78 is 8.41. The molecule has 2 atom stereocenters. The summed E-state index contributed by atoms with van der Waals surface area (Å²) in [6, 6.07) is 28.4. The Bertz CT molecular complexity index is 1570. The zero-order valence-corrected chi connectivity index (χ0v) is 24.7. The number of hydrogen-bond acceptors (Lipinski definition) is 5. The normalized spacial score (nSPS) is 14.1. The number of carbonyl (C=O) groups is 1. The van der Waals surface area contributed by atoms with Crippen molar-refractivity contribution in [2.24, 2.45) is 0 Å². The van der Waals surface area contributed by atoms with Gasteiger partial charge in [0.1, 0.15) is 16.9 Å². The van der Waals surface area contributed by atoms with Crippen LogP contribution in [0.1, 0.15) is 29.9 Å². The maximum absolute atomic E-state index is 14.5. The Hall–Kier alpha value is -3.91. The van der Waals surface area contributed by atoms with Crippen LogP contribution in [0.4, 0.5) is 0 Å². The number of hydrogen-bond donors (Lipinski definition) is 2. The van der Waals surface area contributed by atoms with Crippen LogP contribution in [-0.4, -0.2) is 60.5 Å². The van der Waals surface area contributed by atoms with Crippen LogP contribution in [0.25, 0.3) is 21.9 Å². The Morgan fingerprint density at radius 1 is 0.927 bits per heavy atom. The van der Waals surface area contributed by atoms with Gasteiger partial charge in [-0.15, -0.1) is 0 Å². The van der Waals surface area contributed by atoms with E-state index in [1.54, 1.807) is 0 Å². The number of aromatic nitrogens is 1. The Labute approximate surface area is 242 Å². The summed E-state index contributed by atoms with van der Waals surface area (Å²) in [6.45, 7) is 3.72. The van der Waals surface area contributed by atoms with Crippen molar-refractivity contribution in [3.63, 3.8) is 0 Å². The quantitative estimate of drug-likeness (QED) is 0.217. The number of furan rings is 1. The lowest BCUT2D eigenvalue weighted by atomic mass is 9.88. The van der Waals surface area contributed by atoms with Gasteiger partial charge < -0.3 is 19.2 Å². The summed E-state index contributed by atoms with van der Waals surface area (Å²) in [7, 11) is 8.16. The molecule has 2 N–H and O–H groups in total. The van der Waals surface area contributed by atoms with E-state index in [1.165, 1.54) is 0 Å². The predicted octanol–water partition coefficient (Wildman–Crippen LogP) is 5.42. The maximum atomic E-state index is 14.5. The SMILES string of the molecule is C[C@H](NC(=O)[C@@](Cc1cn(CN(C)C)c2ccccc12)(CN(C)C)NCc1cc2ccccc2o1)c1ccccc1. The maximum Gasteiger partial charge on any atom is 0.242 e. The standard InChI is InChI=1S/C34H41N5O2/c1-25(26-13-7-6-8-14-26)36-33(40)34(23-37(2)3,35-21-29-19-27-15-9-12-18-32(27)41-29)20-28-22-39(24-38(4)5)31-17-11-10-16-30(28)31/h6-19,22,25,35H,20-21,23-24H2,1-5H3,(H,36,40)/t25-,34+/m0/s1. The monoisotopic (exact) mass is 551 g/mol. The first-order valence-electron chi connectivity index (χ1n) is 14.2. The average Bonchev–Trinajstić information content (AvgIpc) is 3.52. The summed E-state index contributed by atoms with van der Waals surface area (Å²) in [5, 5.41) is 9.24. The fourth-order valence-electron chi connectivity index (χ4n) is 5.70. The molecule has 2 aromatic heterocycles. The molecule has 7 heteroatoms. The molecule has 41 heavy (non-hydrogen) atoms. The second-order valence-corrected chi connectivity index (χ2v) is 11.6. The fourth-order valence-corrected chi connectivity index (χ4v) is 5.70. The van der Waals surface area contributed by atoms with E-state index in [2.05, 4.69) is 87.8 Å². The first-order chi connectivity index (χ1) is 19.7. The lowest BCUT2D eigenvalue weighted by Gasteiger charge is -2.37. The molecule has 3 aromatic carbocycles. The molecular weight excluding hydrogens is 510 g/mol. The summed E-state index contributed by atoms with van der Waals surface area (Å²) in [6.07, 6.45) is 2.71. The molecule has 0 spiro atoms. The van der Waals surface area contributed by atoms with Gasteiger partial charge in [-0.25, -0.2) is 0 Å². The van der Waals surface area contributed by atoms with Crippen molar-refractivity contribution in [2.75, 3.05) is 34.7 Å². The number of para-hydroxylation sites is 2. The number of amides is 1. The minimum absolute atomic E-state index is 0.0388. The van der Waals surface area contributed by atoms with Crippen LogP contribution in [-0.2, 0) is 24.4 Å². The van der Waals surface area contributed by atoms with Crippen molar-refractivity contribution in [1.29, 1.82) is 0 Å². The van der Waals surface area contributed by atoms with Crippen LogP contribution in [0.2, 0.25) is 0 Å². The summed E-state index contributed by atoms with van der Waals surface area (Å²) in [5.74, 6) is 0.761. The fraction of sp³-hybridized carbons (Fsp3) is 0.324. The molecule has 0 radical (unpaired) electrons. The molecule has 0 saturated heterocycles. The molecule has 0 aliphatic heterocycles. The first-order valence-corrected chi connectivity index (χ1v) is 14.2. The highest BCUT2D eigenvalue weighted by atomic mass is 16.3. The van der Waals surface area contributed by atoms with Gasteiger partial charge in [-0.3, -0.25) is 15.0 Å². The Morgan fingerprint density at radius 2 is 1.63 bits per heavy atom. The molecule has 5 rings (SSSR count). The van der Waals surface area contributed by atoms with Crippen LogP contribution >= 0.6 is 0 Å². The van der Waals surface area contributed by atoms with Gasteiger partial charge >= 0.3 is 0 Å². The van der Waals surface area contributed by atoms with Crippen molar-refractivity contribution in [1.82, 2.24) is 25.0 Å². The zero-order valence-electron chi connectivity index (χ0n) is 24.7. The first kappa shape index (κ1) is 28.6. The van der Waals surface area contributed by atoms with Gasteiger partial charge in [0.25, 0.3) is 0 Å². The molecule has 0 saturated carbocycles. The third-order valence-corrected chi connectivity index (χ3v) is 7.54. The second-order valence-electron chi connectivity index (χ2n) is 11.6. The van der Waals surface area contributed by atoms with Gasteiger partial charge in [0.15, 0.2) is 0 Å². The van der Waals surface area contributed by atoms with Crippen molar-refractivity contribution in [3.05, 3.63) is 108 Å². The van der Waals surface area contributed by atoms with Gasteiger partial charge in [0.2, 0.25) is 5.91 Å². The molecule has 0 unspecified atom stereocenters. The minimum atomic E-state index is -0.932.